The highest BCUT2D eigenvalue weighted by molar-refractivity contribution is 5.94. The monoisotopic (exact) mass is 420 g/mol. The molecule has 2 amide bonds. The summed E-state index contributed by atoms with van der Waals surface area (Å²) in [5.41, 5.74) is 2.51. The van der Waals surface area contributed by atoms with E-state index in [0.29, 0.717) is 24.7 Å². The van der Waals surface area contributed by atoms with Crippen LogP contribution in [0.15, 0.2) is 54.6 Å². The first-order chi connectivity index (χ1) is 15.0. The van der Waals surface area contributed by atoms with Crippen molar-refractivity contribution in [2.45, 2.75) is 20.0 Å². The fraction of sp³-hybridized carbons (Fsp3) is 0.333. The van der Waals surface area contributed by atoms with E-state index in [4.69, 9.17) is 9.47 Å². The van der Waals surface area contributed by atoms with E-state index in [-0.39, 0.29) is 12.1 Å². The maximum atomic E-state index is 12.9. The molecular weight excluding hydrogens is 392 g/mol. The molecule has 0 spiro atoms. The molecule has 0 atom stereocenters. The number of anilines is 2. The second-order valence-electron chi connectivity index (χ2n) is 7.81. The van der Waals surface area contributed by atoms with E-state index in [1.807, 2.05) is 61.2 Å². The van der Waals surface area contributed by atoms with E-state index in [2.05, 4.69) is 27.3 Å². The highest BCUT2D eigenvalue weighted by atomic mass is 16.5. The SMILES string of the molecule is COc1nc2ccccc2cc1NC(=O)N1CCN(c2cccc(OC(C)C)c2)CC1. The summed E-state index contributed by atoms with van der Waals surface area (Å²) in [6.45, 7) is 6.81. The average molecular weight is 421 g/mol. The molecule has 31 heavy (non-hydrogen) atoms. The summed E-state index contributed by atoms with van der Waals surface area (Å²) in [5, 5.41) is 3.92. The second kappa shape index (κ2) is 9.12. The quantitative estimate of drug-likeness (QED) is 0.663. The molecule has 7 heteroatoms. The topological polar surface area (TPSA) is 66.9 Å². The van der Waals surface area contributed by atoms with Gasteiger partial charge in [-0.25, -0.2) is 9.78 Å². The zero-order chi connectivity index (χ0) is 21.8. The van der Waals surface area contributed by atoms with Gasteiger partial charge in [-0.1, -0.05) is 24.3 Å². The van der Waals surface area contributed by atoms with Gasteiger partial charge in [0.2, 0.25) is 5.88 Å². The van der Waals surface area contributed by atoms with Crippen LogP contribution in [0.4, 0.5) is 16.2 Å². The third-order valence-electron chi connectivity index (χ3n) is 5.25. The number of rotatable bonds is 5. The van der Waals surface area contributed by atoms with Crippen LogP contribution in [-0.4, -0.2) is 55.3 Å². The minimum Gasteiger partial charge on any atom is -0.491 e. The molecule has 1 aliphatic heterocycles. The highest BCUT2D eigenvalue weighted by Crippen LogP contribution is 2.27. The normalized spacial score (nSPS) is 14.1. The summed E-state index contributed by atoms with van der Waals surface area (Å²) in [4.78, 5) is 21.5. The number of aromatic nitrogens is 1. The number of hydrogen-bond donors (Lipinski definition) is 1. The summed E-state index contributed by atoms with van der Waals surface area (Å²) in [7, 11) is 1.56. The molecule has 1 fully saturated rings. The number of nitrogens with one attached hydrogen (secondary N) is 1. The first-order valence-corrected chi connectivity index (χ1v) is 10.5. The predicted octanol–water partition coefficient (Wildman–Crippen LogP) is 4.38. The van der Waals surface area contributed by atoms with Crippen molar-refractivity contribution in [2.24, 2.45) is 0 Å². The second-order valence-corrected chi connectivity index (χ2v) is 7.81. The minimum atomic E-state index is -0.146. The molecular formula is C24H28N4O3. The summed E-state index contributed by atoms with van der Waals surface area (Å²) in [5.74, 6) is 1.27. The van der Waals surface area contributed by atoms with Crippen molar-refractivity contribution < 1.29 is 14.3 Å². The van der Waals surface area contributed by atoms with Gasteiger partial charge in [0.25, 0.3) is 0 Å². The van der Waals surface area contributed by atoms with E-state index in [0.717, 1.165) is 35.4 Å². The Hall–Kier alpha value is -3.48. The summed E-state index contributed by atoms with van der Waals surface area (Å²) >= 11 is 0. The van der Waals surface area contributed by atoms with Crippen molar-refractivity contribution in [3.63, 3.8) is 0 Å². The van der Waals surface area contributed by atoms with Gasteiger partial charge in [0.05, 0.1) is 18.7 Å². The molecule has 162 valence electrons. The van der Waals surface area contributed by atoms with Crippen molar-refractivity contribution in [3.05, 3.63) is 54.6 Å². The number of ether oxygens (including phenoxy) is 2. The lowest BCUT2D eigenvalue weighted by molar-refractivity contribution is 0.208. The maximum Gasteiger partial charge on any atom is 0.322 e. The van der Waals surface area contributed by atoms with Gasteiger partial charge in [-0.15, -0.1) is 0 Å². The van der Waals surface area contributed by atoms with E-state index >= 15 is 0 Å². The number of hydrogen-bond acceptors (Lipinski definition) is 5. The van der Waals surface area contributed by atoms with Gasteiger partial charge in [0.1, 0.15) is 11.4 Å². The van der Waals surface area contributed by atoms with E-state index in [9.17, 15) is 4.79 Å². The molecule has 3 aromatic rings. The number of methoxy groups -OCH3 is 1. The molecule has 4 rings (SSSR count). The molecule has 0 radical (unpaired) electrons. The van der Waals surface area contributed by atoms with E-state index in [1.54, 1.807) is 7.11 Å². The number of piperazine rings is 1. The number of benzene rings is 2. The summed E-state index contributed by atoms with van der Waals surface area (Å²) in [6, 6.07) is 17.6. The van der Waals surface area contributed by atoms with Crippen molar-refractivity contribution >= 4 is 28.3 Å². The van der Waals surface area contributed by atoms with E-state index < -0.39 is 0 Å². The summed E-state index contributed by atoms with van der Waals surface area (Å²) in [6.07, 6.45) is 0.136. The number of nitrogens with zero attached hydrogens (tertiary/aromatic N) is 3. The van der Waals surface area contributed by atoms with E-state index in [1.165, 1.54) is 0 Å². The van der Waals surface area contributed by atoms with Gasteiger partial charge in [-0.3, -0.25) is 0 Å². The number of para-hydroxylation sites is 1. The smallest absolute Gasteiger partial charge is 0.322 e. The highest BCUT2D eigenvalue weighted by Gasteiger charge is 2.23. The standard InChI is InChI=1S/C24H28N4O3/c1-17(2)31-20-9-6-8-19(16-20)27-11-13-28(14-12-27)24(29)26-22-15-18-7-4-5-10-21(18)25-23(22)30-3/h4-10,15-17H,11-14H2,1-3H3,(H,26,29). The average Bonchev–Trinajstić information content (AvgIpc) is 2.78. The lowest BCUT2D eigenvalue weighted by atomic mass is 10.2. The van der Waals surface area contributed by atoms with Crippen molar-refractivity contribution in [2.75, 3.05) is 43.5 Å². The maximum absolute atomic E-state index is 12.9. The Kier molecular flexibility index (Phi) is 6.11. The number of carbonyl (C=O) groups is 1. The van der Waals surface area contributed by atoms with Crippen LogP contribution >= 0.6 is 0 Å². The number of amides is 2. The van der Waals surface area contributed by atoms with Gasteiger partial charge < -0.3 is 24.6 Å². The molecule has 1 aliphatic rings. The fourth-order valence-electron chi connectivity index (χ4n) is 3.73. The first-order valence-electron chi connectivity index (χ1n) is 10.5. The predicted molar refractivity (Wildman–Crippen MR) is 123 cm³/mol. The molecule has 1 saturated heterocycles. The Morgan fingerprint density at radius 3 is 2.55 bits per heavy atom. The molecule has 1 N–H and O–H groups in total. The number of fused-ring (bicyclic) bond motifs is 1. The molecule has 0 bridgehead atoms. The zero-order valence-electron chi connectivity index (χ0n) is 18.2. The third-order valence-corrected chi connectivity index (χ3v) is 5.25. The van der Waals surface area contributed by atoms with Crippen LogP contribution in [-0.2, 0) is 0 Å². The summed E-state index contributed by atoms with van der Waals surface area (Å²) < 4.78 is 11.2. The lowest BCUT2D eigenvalue weighted by Gasteiger charge is -2.36. The lowest BCUT2D eigenvalue weighted by Crippen LogP contribution is -2.50. The molecule has 2 aromatic carbocycles. The molecule has 0 aliphatic carbocycles. The first kappa shape index (κ1) is 20.8. The van der Waals surface area contributed by atoms with Crippen molar-refractivity contribution in [1.82, 2.24) is 9.88 Å². The van der Waals surface area contributed by atoms with Gasteiger partial charge in [-0.05, 0) is 38.1 Å². The Morgan fingerprint density at radius 1 is 1.03 bits per heavy atom. The molecule has 2 heterocycles. The Balaban J connectivity index is 1.40. The fourth-order valence-corrected chi connectivity index (χ4v) is 3.73. The largest absolute Gasteiger partial charge is 0.491 e. The van der Waals surface area contributed by atoms with Crippen LogP contribution in [0.1, 0.15) is 13.8 Å². The molecule has 0 unspecified atom stereocenters. The number of urea groups is 1. The number of pyridine rings is 1. The number of carbonyl (C=O) groups excluding carboxylic acids is 1. The van der Waals surface area contributed by atoms with Crippen LogP contribution in [0.3, 0.4) is 0 Å². The van der Waals surface area contributed by atoms with Gasteiger partial charge in [-0.2, -0.15) is 0 Å². The molecule has 1 aromatic heterocycles. The van der Waals surface area contributed by atoms with Crippen LogP contribution in [0, 0.1) is 0 Å². The molecule has 0 saturated carbocycles. The Morgan fingerprint density at radius 2 is 1.81 bits per heavy atom. The Labute approximate surface area is 182 Å². The van der Waals surface area contributed by atoms with Crippen LogP contribution in [0.5, 0.6) is 11.6 Å². The Bertz CT molecular complexity index is 1060. The van der Waals surface area contributed by atoms with Crippen LogP contribution < -0.4 is 19.7 Å². The van der Waals surface area contributed by atoms with Gasteiger partial charge in [0, 0.05) is 43.3 Å². The molecule has 7 nitrogen and oxygen atoms in total. The third kappa shape index (κ3) is 4.82. The zero-order valence-corrected chi connectivity index (χ0v) is 18.2. The van der Waals surface area contributed by atoms with Crippen molar-refractivity contribution in [1.29, 1.82) is 0 Å². The van der Waals surface area contributed by atoms with Crippen LogP contribution in [0.2, 0.25) is 0 Å². The van der Waals surface area contributed by atoms with Gasteiger partial charge >= 0.3 is 6.03 Å². The van der Waals surface area contributed by atoms with Crippen LogP contribution in [0.25, 0.3) is 10.9 Å². The minimum absolute atomic E-state index is 0.136. The van der Waals surface area contributed by atoms with Crippen molar-refractivity contribution in [3.8, 4) is 11.6 Å². The van der Waals surface area contributed by atoms with Gasteiger partial charge in [0.15, 0.2) is 0 Å².